The van der Waals surface area contributed by atoms with Crippen LogP contribution in [0.5, 0.6) is 0 Å². The van der Waals surface area contributed by atoms with Gasteiger partial charge >= 0.3 is 7.12 Å². The van der Waals surface area contributed by atoms with E-state index in [1.165, 1.54) is 11.1 Å². The van der Waals surface area contributed by atoms with E-state index < -0.39 is 7.12 Å². The Balaban J connectivity index is 1.68. The quantitative estimate of drug-likeness (QED) is 0.562. The van der Waals surface area contributed by atoms with Gasteiger partial charge in [0, 0.05) is 0 Å². The summed E-state index contributed by atoms with van der Waals surface area (Å²) in [7, 11) is -1.44. The first-order valence-corrected chi connectivity index (χ1v) is 8.26. The minimum Gasteiger partial charge on any atom is -0.423 e. The van der Waals surface area contributed by atoms with Crippen LogP contribution in [0.25, 0.3) is 33.0 Å². The first-order chi connectivity index (χ1) is 12.2. The molecule has 0 saturated heterocycles. The maximum absolute atomic E-state index is 9.29. The molecule has 0 atom stereocenters. The highest BCUT2D eigenvalue weighted by Crippen LogP contribution is 2.27. The molecule has 0 amide bonds. The van der Waals surface area contributed by atoms with Crippen LogP contribution in [0.3, 0.4) is 0 Å². The summed E-state index contributed by atoms with van der Waals surface area (Å²) < 4.78 is 0. The van der Waals surface area contributed by atoms with Gasteiger partial charge in [0.25, 0.3) is 0 Å². The van der Waals surface area contributed by atoms with Gasteiger partial charge in [-0.15, -0.1) is 0 Å². The molecule has 4 rings (SSSR count). The molecule has 2 N–H and O–H groups in total. The second-order valence-electron chi connectivity index (χ2n) is 6.14. The lowest BCUT2D eigenvalue weighted by atomic mass is 9.79. The van der Waals surface area contributed by atoms with Crippen molar-refractivity contribution in [3.05, 3.63) is 91.0 Å². The molecule has 0 radical (unpaired) electrons. The highest BCUT2D eigenvalue weighted by molar-refractivity contribution is 6.58. The first kappa shape index (κ1) is 15.6. The van der Waals surface area contributed by atoms with Gasteiger partial charge in [0.05, 0.1) is 0 Å². The van der Waals surface area contributed by atoms with Crippen molar-refractivity contribution < 1.29 is 10.0 Å². The van der Waals surface area contributed by atoms with Crippen molar-refractivity contribution in [2.75, 3.05) is 0 Å². The zero-order valence-corrected chi connectivity index (χ0v) is 13.6. The molecular formula is C22H17BO2. The zero-order valence-electron chi connectivity index (χ0n) is 13.6. The molecule has 0 aromatic heterocycles. The fourth-order valence-electron chi connectivity index (χ4n) is 3.09. The number of fused-ring (bicyclic) bond motifs is 1. The van der Waals surface area contributed by atoms with Gasteiger partial charge < -0.3 is 10.0 Å². The molecule has 0 unspecified atom stereocenters. The number of benzene rings is 4. The molecule has 0 saturated carbocycles. The van der Waals surface area contributed by atoms with E-state index in [0.717, 1.165) is 21.9 Å². The molecular weight excluding hydrogens is 307 g/mol. The van der Waals surface area contributed by atoms with Gasteiger partial charge in [-0.25, -0.2) is 0 Å². The molecule has 0 fully saturated rings. The van der Waals surface area contributed by atoms with Crippen molar-refractivity contribution in [1.29, 1.82) is 0 Å². The summed E-state index contributed by atoms with van der Waals surface area (Å²) in [5.41, 5.74) is 5.22. The monoisotopic (exact) mass is 324 g/mol. The SMILES string of the molecule is OB(O)c1ccc2cc(-c3ccc(-c4ccccc4)cc3)ccc2c1. The van der Waals surface area contributed by atoms with Crippen LogP contribution in [0, 0.1) is 0 Å². The van der Waals surface area contributed by atoms with Gasteiger partial charge in [0.1, 0.15) is 0 Å². The molecule has 0 aliphatic rings. The predicted molar refractivity (Wildman–Crippen MR) is 105 cm³/mol. The molecule has 0 bridgehead atoms. The minimum absolute atomic E-state index is 0.507. The summed E-state index contributed by atoms with van der Waals surface area (Å²) in [6.07, 6.45) is 0. The van der Waals surface area contributed by atoms with Crippen molar-refractivity contribution in [1.82, 2.24) is 0 Å². The van der Waals surface area contributed by atoms with Gasteiger partial charge in [-0.2, -0.15) is 0 Å². The average molecular weight is 324 g/mol. The highest BCUT2D eigenvalue weighted by atomic mass is 16.4. The van der Waals surface area contributed by atoms with Crippen LogP contribution >= 0.6 is 0 Å². The normalized spacial score (nSPS) is 10.8. The van der Waals surface area contributed by atoms with Gasteiger partial charge in [-0.3, -0.25) is 0 Å². The van der Waals surface area contributed by atoms with Crippen molar-refractivity contribution >= 4 is 23.4 Å². The van der Waals surface area contributed by atoms with E-state index in [0.29, 0.717) is 5.46 Å². The summed E-state index contributed by atoms with van der Waals surface area (Å²) >= 11 is 0. The van der Waals surface area contributed by atoms with Crippen LogP contribution in [-0.2, 0) is 0 Å². The Bertz CT molecular complexity index is 1010. The smallest absolute Gasteiger partial charge is 0.423 e. The summed E-state index contributed by atoms with van der Waals surface area (Å²) in [5.74, 6) is 0. The molecule has 0 aliphatic carbocycles. The lowest BCUT2D eigenvalue weighted by molar-refractivity contribution is 0.426. The maximum atomic E-state index is 9.29. The van der Waals surface area contributed by atoms with Crippen LogP contribution in [-0.4, -0.2) is 17.2 Å². The van der Waals surface area contributed by atoms with Gasteiger partial charge in [-0.05, 0) is 44.6 Å². The van der Waals surface area contributed by atoms with Crippen molar-refractivity contribution in [3.8, 4) is 22.3 Å². The third-order valence-corrected chi connectivity index (χ3v) is 4.49. The third kappa shape index (κ3) is 3.20. The second-order valence-corrected chi connectivity index (χ2v) is 6.14. The molecule has 2 nitrogen and oxygen atoms in total. The molecule has 3 heteroatoms. The largest absolute Gasteiger partial charge is 0.488 e. The Morgan fingerprint density at radius 1 is 0.480 bits per heavy atom. The Morgan fingerprint density at radius 3 is 1.68 bits per heavy atom. The van der Waals surface area contributed by atoms with Crippen LogP contribution in [0.2, 0.25) is 0 Å². The summed E-state index contributed by atoms with van der Waals surface area (Å²) in [4.78, 5) is 0. The maximum Gasteiger partial charge on any atom is 0.488 e. The summed E-state index contributed by atoms with van der Waals surface area (Å²) in [5, 5.41) is 20.7. The van der Waals surface area contributed by atoms with Gasteiger partial charge in [0.15, 0.2) is 0 Å². The minimum atomic E-state index is -1.44. The second kappa shape index (κ2) is 6.56. The van der Waals surface area contributed by atoms with Crippen LogP contribution in [0.15, 0.2) is 91.0 Å². The van der Waals surface area contributed by atoms with E-state index in [4.69, 9.17) is 0 Å². The van der Waals surface area contributed by atoms with Crippen molar-refractivity contribution in [3.63, 3.8) is 0 Å². The number of hydrogen-bond donors (Lipinski definition) is 2. The average Bonchev–Trinajstić information content (AvgIpc) is 2.68. The Labute approximate surface area is 147 Å². The standard InChI is InChI=1S/C22H17BO2/c24-23(25)22-13-12-20-14-19(10-11-21(20)15-22)18-8-6-17(7-9-18)16-4-2-1-3-5-16/h1-15,24-25H. The molecule has 0 heterocycles. The third-order valence-electron chi connectivity index (χ3n) is 4.49. The molecule has 25 heavy (non-hydrogen) atoms. The first-order valence-electron chi connectivity index (χ1n) is 8.26. The Hall–Kier alpha value is -2.88. The molecule has 4 aromatic rings. The fourth-order valence-corrected chi connectivity index (χ4v) is 3.09. The molecule has 120 valence electrons. The van der Waals surface area contributed by atoms with Crippen LogP contribution < -0.4 is 5.46 Å². The number of rotatable bonds is 3. The van der Waals surface area contributed by atoms with Gasteiger partial charge in [-0.1, -0.05) is 84.9 Å². The summed E-state index contributed by atoms with van der Waals surface area (Å²) in [6, 6.07) is 30.6. The fraction of sp³-hybridized carbons (Fsp3) is 0. The van der Waals surface area contributed by atoms with E-state index in [1.807, 2.05) is 36.4 Å². The molecule has 0 aliphatic heterocycles. The van der Waals surface area contributed by atoms with Crippen molar-refractivity contribution in [2.45, 2.75) is 0 Å². The Kier molecular flexibility index (Phi) is 4.10. The predicted octanol–water partition coefficient (Wildman–Crippen LogP) is 3.85. The van der Waals surface area contributed by atoms with Gasteiger partial charge in [0.2, 0.25) is 0 Å². The van der Waals surface area contributed by atoms with E-state index in [1.54, 1.807) is 6.07 Å². The Morgan fingerprint density at radius 2 is 1.00 bits per heavy atom. The zero-order chi connectivity index (χ0) is 17.2. The lowest BCUT2D eigenvalue weighted by Crippen LogP contribution is -2.29. The lowest BCUT2D eigenvalue weighted by Gasteiger charge is -2.08. The highest BCUT2D eigenvalue weighted by Gasteiger charge is 2.11. The van der Waals surface area contributed by atoms with E-state index >= 15 is 0 Å². The number of hydrogen-bond acceptors (Lipinski definition) is 2. The molecule has 0 spiro atoms. The van der Waals surface area contributed by atoms with E-state index in [9.17, 15) is 10.0 Å². The van der Waals surface area contributed by atoms with E-state index in [2.05, 4.69) is 48.5 Å². The van der Waals surface area contributed by atoms with Crippen LogP contribution in [0.4, 0.5) is 0 Å². The van der Waals surface area contributed by atoms with Crippen molar-refractivity contribution in [2.24, 2.45) is 0 Å². The summed E-state index contributed by atoms with van der Waals surface area (Å²) in [6.45, 7) is 0. The topological polar surface area (TPSA) is 40.5 Å². The van der Waals surface area contributed by atoms with Crippen LogP contribution in [0.1, 0.15) is 0 Å². The molecule has 4 aromatic carbocycles. The van der Waals surface area contributed by atoms with E-state index in [-0.39, 0.29) is 0 Å².